The highest BCUT2D eigenvalue weighted by Crippen LogP contribution is 2.15. The van der Waals surface area contributed by atoms with Crippen LogP contribution in [0.2, 0.25) is 0 Å². The summed E-state index contributed by atoms with van der Waals surface area (Å²) in [6.45, 7) is 4.53. The molecule has 0 bridgehead atoms. The monoisotopic (exact) mass is 369 g/mol. The molecule has 4 rings (SSSR count). The maximum absolute atomic E-state index is 12.2. The summed E-state index contributed by atoms with van der Waals surface area (Å²) in [7, 11) is 0. The van der Waals surface area contributed by atoms with Crippen molar-refractivity contribution in [1.29, 1.82) is 0 Å². The number of carbonyl (C=O) groups excluding carboxylic acids is 1. The van der Waals surface area contributed by atoms with Gasteiger partial charge in [-0.3, -0.25) is 4.79 Å². The van der Waals surface area contributed by atoms with Gasteiger partial charge in [0.2, 0.25) is 5.95 Å². The van der Waals surface area contributed by atoms with Crippen LogP contribution in [0.4, 0.5) is 11.8 Å². The molecule has 4 heterocycles. The zero-order chi connectivity index (χ0) is 18.5. The second-order valence-corrected chi connectivity index (χ2v) is 6.64. The van der Waals surface area contributed by atoms with Crippen LogP contribution < -0.4 is 15.1 Å². The fraction of sp³-hybridized carbons (Fsp3) is 0.500. The van der Waals surface area contributed by atoms with Crippen LogP contribution in [0.3, 0.4) is 0 Å². The molecule has 9 nitrogen and oxygen atoms in total. The third kappa shape index (κ3) is 4.30. The Morgan fingerprint density at radius 1 is 1.11 bits per heavy atom. The van der Waals surface area contributed by atoms with Gasteiger partial charge in [-0.05, 0) is 31.0 Å². The summed E-state index contributed by atoms with van der Waals surface area (Å²) in [5.74, 6) is 1.32. The van der Waals surface area contributed by atoms with Crippen molar-refractivity contribution < 1.29 is 9.53 Å². The Balaban J connectivity index is 1.29. The van der Waals surface area contributed by atoms with Gasteiger partial charge in [-0.15, -0.1) is 10.2 Å². The number of rotatable bonds is 5. The second-order valence-electron chi connectivity index (χ2n) is 6.64. The predicted octanol–water partition coefficient (Wildman–Crippen LogP) is 0.502. The number of carbonyl (C=O) groups is 1. The van der Waals surface area contributed by atoms with E-state index in [0.717, 1.165) is 57.4 Å². The molecule has 142 valence electrons. The van der Waals surface area contributed by atoms with Crippen LogP contribution in [0.1, 0.15) is 23.3 Å². The van der Waals surface area contributed by atoms with Gasteiger partial charge in [0.15, 0.2) is 11.5 Å². The number of hydrogen-bond donors (Lipinski definition) is 1. The SMILES string of the molecule is O=C(NCC1CCCO1)c1ccc(N2CCN(c3ncccn3)CC2)nn1. The van der Waals surface area contributed by atoms with Gasteiger partial charge in [0, 0.05) is 51.7 Å². The summed E-state index contributed by atoms with van der Waals surface area (Å²) in [4.78, 5) is 25.1. The van der Waals surface area contributed by atoms with Gasteiger partial charge < -0.3 is 19.9 Å². The normalized spacial score (nSPS) is 19.9. The summed E-state index contributed by atoms with van der Waals surface area (Å²) in [6, 6.07) is 5.39. The first-order valence-corrected chi connectivity index (χ1v) is 9.30. The molecule has 2 aromatic rings. The molecule has 1 unspecified atom stereocenters. The van der Waals surface area contributed by atoms with Crippen LogP contribution in [-0.2, 0) is 4.74 Å². The fourth-order valence-corrected chi connectivity index (χ4v) is 3.31. The third-order valence-electron chi connectivity index (χ3n) is 4.84. The van der Waals surface area contributed by atoms with Crippen LogP contribution in [0.25, 0.3) is 0 Å². The number of amides is 1. The lowest BCUT2D eigenvalue weighted by Gasteiger charge is -2.35. The Labute approximate surface area is 157 Å². The predicted molar refractivity (Wildman–Crippen MR) is 99.8 cm³/mol. The molecule has 1 N–H and O–H groups in total. The van der Waals surface area contributed by atoms with E-state index >= 15 is 0 Å². The first-order valence-electron chi connectivity index (χ1n) is 9.30. The number of aromatic nitrogens is 4. The molecule has 0 spiro atoms. The van der Waals surface area contributed by atoms with Crippen molar-refractivity contribution in [3.8, 4) is 0 Å². The molecule has 2 aliphatic heterocycles. The van der Waals surface area contributed by atoms with E-state index in [-0.39, 0.29) is 12.0 Å². The van der Waals surface area contributed by atoms with Crippen LogP contribution in [-0.4, -0.2) is 71.5 Å². The third-order valence-corrected chi connectivity index (χ3v) is 4.84. The van der Waals surface area contributed by atoms with Gasteiger partial charge in [-0.2, -0.15) is 0 Å². The minimum absolute atomic E-state index is 0.117. The van der Waals surface area contributed by atoms with Gasteiger partial charge in [-0.1, -0.05) is 0 Å². The standard InChI is InChI=1S/C18H23N7O2/c26-17(21-13-14-3-1-12-27-14)15-4-5-16(23-22-15)24-8-10-25(11-9-24)18-19-6-2-7-20-18/h2,4-7,14H,1,3,8-13H2,(H,21,26). The quantitative estimate of drug-likeness (QED) is 0.814. The Bertz CT molecular complexity index is 742. The summed E-state index contributed by atoms with van der Waals surface area (Å²) >= 11 is 0. The van der Waals surface area contributed by atoms with Crippen LogP contribution >= 0.6 is 0 Å². The van der Waals surface area contributed by atoms with Crippen molar-refractivity contribution in [2.45, 2.75) is 18.9 Å². The largest absolute Gasteiger partial charge is 0.376 e. The minimum Gasteiger partial charge on any atom is -0.376 e. The number of anilines is 2. The van der Waals surface area contributed by atoms with E-state index in [4.69, 9.17) is 4.74 Å². The van der Waals surface area contributed by atoms with E-state index in [2.05, 4.69) is 35.3 Å². The number of ether oxygens (including phenoxy) is 1. The Morgan fingerprint density at radius 2 is 1.89 bits per heavy atom. The lowest BCUT2D eigenvalue weighted by molar-refractivity contribution is 0.0853. The topological polar surface area (TPSA) is 96.4 Å². The Kier molecular flexibility index (Phi) is 5.38. The van der Waals surface area contributed by atoms with Gasteiger partial charge >= 0.3 is 0 Å². The second kappa shape index (κ2) is 8.26. The summed E-state index contributed by atoms with van der Waals surface area (Å²) in [6.07, 6.45) is 5.67. The van der Waals surface area contributed by atoms with Crippen LogP contribution in [0, 0.1) is 0 Å². The molecule has 2 aromatic heterocycles. The van der Waals surface area contributed by atoms with Crippen LogP contribution in [0.5, 0.6) is 0 Å². The fourth-order valence-electron chi connectivity index (χ4n) is 3.31. The molecule has 1 atom stereocenters. The van der Waals surface area contributed by atoms with E-state index in [0.29, 0.717) is 12.2 Å². The lowest BCUT2D eigenvalue weighted by atomic mass is 10.2. The highest BCUT2D eigenvalue weighted by molar-refractivity contribution is 5.92. The molecular weight excluding hydrogens is 346 g/mol. The van der Waals surface area contributed by atoms with E-state index in [1.54, 1.807) is 18.5 Å². The van der Waals surface area contributed by atoms with Crippen molar-refractivity contribution in [2.75, 3.05) is 49.1 Å². The number of piperazine rings is 1. The Hall–Kier alpha value is -2.81. The van der Waals surface area contributed by atoms with Gasteiger partial charge in [0.1, 0.15) is 0 Å². The number of nitrogens with zero attached hydrogens (tertiary/aromatic N) is 6. The highest BCUT2D eigenvalue weighted by Gasteiger charge is 2.21. The number of hydrogen-bond acceptors (Lipinski definition) is 8. The van der Waals surface area contributed by atoms with Gasteiger partial charge in [0.05, 0.1) is 6.10 Å². The molecule has 2 aliphatic rings. The Morgan fingerprint density at radius 3 is 2.56 bits per heavy atom. The van der Waals surface area contributed by atoms with Gasteiger partial charge in [0.25, 0.3) is 5.91 Å². The first kappa shape index (κ1) is 17.6. The molecule has 27 heavy (non-hydrogen) atoms. The number of nitrogens with one attached hydrogen (secondary N) is 1. The summed E-state index contributed by atoms with van der Waals surface area (Å²) in [5, 5.41) is 11.2. The average Bonchev–Trinajstić information content (AvgIpc) is 3.27. The van der Waals surface area contributed by atoms with Crippen molar-refractivity contribution in [3.05, 3.63) is 36.3 Å². The first-order chi connectivity index (χ1) is 13.3. The zero-order valence-electron chi connectivity index (χ0n) is 15.1. The molecule has 1 amide bonds. The van der Waals surface area contributed by atoms with Crippen LogP contribution in [0.15, 0.2) is 30.6 Å². The molecule has 0 aromatic carbocycles. The summed E-state index contributed by atoms with van der Waals surface area (Å²) in [5.41, 5.74) is 0.327. The molecule has 9 heteroatoms. The average molecular weight is 369 g/mol. The van der Waals surface area contributed by atoms with Crippen molar-refractivity contribution >= 4 is 17.7 Å². The molecule has 2 fully saturated rings. The van der Waals surface area contributed by atoms with Crippen molar-refractivity contribution in [3.63, 3.8) is 0 Å². The minimum atomic E-state index is -0.212. The lowest BCUT2D eigenvalue weighted by Crippen LogP contribution is -2.47. The molecule has 0 aliphatic carbocycles. The molecule has 0 radical (unpaired) electrons. The molecule has 0 saturated carbocycles. The van der Waals surface area contributed by atoms with E-state index in [9.17, 15) is 4.79 Å². The molecule has 2 saturated heterocycles. The maximum atomic E-state index is 12.2. The van der Waals surface area contributed by atoms with E-state index < -0.39 is 0 Å². The molecular formula is C18H23N7O2. The smallest absolute Gasteiger partial charge is 0.271 e. The van der Waals surface area contributed by atoms with E-state index in [1.807, 2.05) is 12.1 Å². The van der Waals surface area contributed by atoms with E-state index in [1.165, 1.54) is 0 Å². The van der Waals surface area contributed by atoms with Crippen molar-refractivity contribution in [2.24, 2.45) is 0 Å². The van der Waals surface area contributed by atoms with Crippen molar-refractivity contribution in [1.82, 2.24) is 25.5 Å². The zero-order valence-corrected chi connectivity index (χ0v) is 15.1. The highest BCUT2D eigenvalue weighted by atomic mass is 16.5. The summed E-state index contributed by atoms with van der Waals surface area (Å²) < 4.78 is 5.51. The maximum Gasteiger partial charge on any atom is 0.271 e. The van der Waals surface area contributed by atoms with Gasteiger partial charge in [-0.25, -0.2) is 9.97 Å².